The van der Waals surface area contributed by atoms with Crippen molar-refractivity contribution in [3.8, 4) is 11.5 Å². The molecule has 0 radical (unpaired) electrons. The second kappa shape index (κ2) is 15.2. The van der Waals surface area contributed by atoms with Gasteiger partial charge >= 0.3 is 0 Å². The fourth-order valence-electron chi connectivity index (χ4n) is 8.78. The zero-order chi connectivity index (χ0) is 39.7. The van der Waals surface area contributed by atoms with Crippen molar-refractivity contribution in [3.63, 3.8) is 0 Å². The van der Waals surface area contributed by atoms with Crippen molar-refractivity contribution in [2.24, 2.45) is 0 Å². The largest absolute Gasteiger partial charge is 0.507 e. The third kappa shape index (κ3) is 7.13. The van der Waals surface area contributed by atoms with Crippen molar-refractivity contribution < 1.29 is 68.3 Å². The molecule has 5 N–H and O–H groups in total. The SMILES string of the molecule is CC[C@@]1(O)C[C@H](O[C@H]2C[C@@H](N(C)C)[C@H](O[C@H]3C[C@@H](O)[C@@H](O[C@H]4CCC(=O)[C@H](C)O4)[C@@H](C)O3)[C@@H](C)O2)c2c(cc3c(c2O)C(=O)c2c(O)cccc2C3=O)[C@@H]1O. The first-order valence-electron chi connectivity index (χ1n) is 19.0. The minimum atomic E-state index is -1.71. The zero-order valence-electron chi connectivity index (χ0n) is 31.8. The van der Waals surface area contributed by atoms with Gasteiger partial charge < -0.3 is 58.9 Å². The van der Waals surface area contributed by atoms with Crippen molar-refractivity contribution in [1.29, 1.82) is 0 Å². The molecule has 0 bridgehead atoms. The minimum Gasteiger partial charge on any atom is -0.507 e. The van der Waals surface area contributed by atoms with E-state index in [2.05, 4.69) is 0 Å². The van der Waals surface area contributed by atoms with E-state index in [0.29, 0.717) is 12.8 Å². The van der Waals surface area contributed by atoms with E-state index in [1.165, 1.54) is 24.3 Å². The van der Waals surface area contributed by atoms with Gasteiger partial charge in [-0.3, -0.25) is 14.4 Å². The lowest BCUT2D eigenvalue weighted by Crippen LogP contribution is -2.58. The van der Waals surface area contributed by atoms with Gasteiger partial charge in [-0.05, 0) is 59.0 Å². The van der Waals surface area contributed by atoms with E-state index in [4.69, 9.17) is 28.4 Å². The van der Waals surface area contributed by atoms with Crippen LogP contribution in [0.4, 0.5) is 0 Å². The smallest absolute Gasteiger partial charge is 0.201 e. The summed E-state index contributed by atoms with van der Waals surface area (Å²) in [6.45, 7) is 6.98. The number of phenolic OH excluding ortho intramolecular Hbond substituents is 2. The molecule has 3 heterocycles. The first-order valence-corrected chi connectivity index (χ1v) is 19.0. The molecule has 55 heavy (non-hydrogen) atoms. The summed E-state index contributed by atoms with van der Waals surface area (Å²) < 4.78 is 37.3. The molecule has 15 nitrogen and oxygen atoms in total. The Labute approximate surface area is 319 Å². The summed E-state index contributed by atoms with van der Waals surface area (Å²) >= 11 is 0. The number of likely N-dealkylation sites (N-methyl/N-ethyl adjacent to an activating group) is 1. The van der Waals surface area contributed by atoms with Crippen LogP contribution in [0, 0.1) is 0 Å². The highest BCUT2D eigenvalue weighted by Crippen LogP contribution is 2.53. The Balaban J connectivity index is 1.10. The van der Waals surface area contributed by atoms with Crippen LogP contribution >= 0.6 is 0 Å². The van der Waals surface area contributed by atoms with E-state index in [0.717, 1.165) is 0 Å². The Bertz CT molecular complexity index is 1820. The summed E-state index contributed by atoms with van der Waals surface area (Å²) in [5.74, 6) is -2.33. The Morgan fingerprint density at radius 2 is 1.53 bits per heavy atom. The summed E-state index contributed by atoms with van der Waals surface area (Å²) in [6.07, 6.45) is -7.77. The van der Waals surface area contributed by atoms with Gasteiger partial charge in [0.1, 0.15) is 35.9 Å². The number of ketones is 3. The fourth-order valence-corrected chi connectivity index (χ4v) is 8.78. The highest BCUT2D eigenvalue weighted by molar-refractivity contribution is 6.30. The van der Waals surface area contributed by atoms with Crippen molar-refractivity contribution in [2.45, 2.75) is 146 Å². The number of benzene rings is 2. The number of nitrogens with zero attached hydrogens (tertiary/aromatic N) is 1. The molecule has 3 saturated heterocycles. The molecule has 0 amide bonds. The van der Waals surface area contributed by atoms with Gasteiger partial charge in [0.2, 0.25) is 5.78 Å². The van der Waals surface area contributed by atoms with Gasteiger partial charge in [-0.1, -0.05) is 19.1 Å². The van der Waals surface area contributed by atoms with Crippen LogP contribution in [0.3, 0.4) is 0 Å². The zero-order valence-corrected chi connectivity index (χ0v) is 31.8. The maximum Gasteiger partial charge on any atom is 0.201 e. The number of phenols is 2. The van der Waals surface area contributed by atoms with Crippen LogP contribution in [0.15, 0.2) is 24.3 Å². The molecule has 0 unspecified atom stereocenters. The molecule has 15 heteroatoms. The van der Waals surface area contributed by atoms with Gasteiger partial charge in [0.15, 0.2) is 30.4 Å². The number of aliphatic hydroxyl groups excluding tert-OH is 2. The van der Waals surface area contributed by atoms with Gasteiger partial charge in [-0.2, -0.15) is 0 Å². The summed E-state index contributed by atoms with van der Waals surface area (Å²) in [5, 5.41) is 56.5. The summed E-state index contributed by atoms with van der Waals surface area (Å²) in [7, 11) is 3.76. The first-order chi connectivity index (χ1) is 26.0. The predicted octanol–water partition coefficient (Wildman–Crippen LogP) is 2.93. The average molecular weight is 770 g/mol. The molecule has 0 aromatic heterocycles. The van der Waals surface area contributed by atoms with Crippen molar-refractivity contribution in [3.05, 3.63) is 57.6 Å². The van der Waals surface area contributed by atoms with Gasteiger partial charge in [-0.15, -0.1) is 0 Å². The molecule has 300 valence electrons. The molecule has 0 saturated carbocycles. The summed E-state index contributed by atoms with van der Waals surface area (Å²) in [5.41, 5.74) is -2.33. The van der Waals surface area contributed by atoms with Crippen LogP contribution < -0.4 is 0 Å². The monoisotopic (exact) mass is 769 g/mol. The summed E-state index contributed by atoms with van der Waals surface area (Å²) in [4.78, 5) is 41.2. The van der Waals surface area contributed by atoms with E-state index in [-0.39, 0.29) is 70.9 Å². The van der Waals surface area contributed by atoms with Gasteiger partial charge in [-0.25, -0.2) is 0 Å². The van der Waals surface area contributed by atoms with Gasteiger partial charge in [0.25, 0.3) is 0 Å². The fraction of sp³-hybridized carbons (Fsp3) is 0.625. The van der Waals surface area contributed by atoms with Crippen molar-refractivity contribution >= 4 is 17.3 Å². The van der Waals surface area contributed by atoms with E-state index >= 15 is 0 Å². The van der Waals surface area contributed by atoms with Crippen molar-refractivity contribution in [1.82, 2.24) is 4.90 Å². The quantitative estimate of drug-likeness (QED) is 0.223. The maximum absolute atomic E-state index is 13.8. The number of ether oxygens (including phenoxy) is 6. The lowest BCUT2D eigenvalue weighted by atomic mass is 9.71. The van der Waals surface area contributed by atoms with E-state index in [1.54, 1.807) is 20.8 Å². The molecule has 3 aliphatic heterocycles. The second-order valence-electron chi connectivity index (χ2n) is 15.7. The predicted molar refractivity (Wildman–Crippen MR) is 191 cm³/mol. The summed E-state index contributed by atoms with van der Waals surface area (Å²) in [6, 6.07) is 5.16. The first kappa shape index (κ1) is 39.9. The minimum absolute atomic E-state index is 0.0118. The van der Waals surface area contributed by atoms with E-state index < -0.39 is 96.4 Å². The molecule has 2 aromatic carbocycles. The van der Waals surface area contributed by atoms with Crippen LogP contribution in [0.2, 0.25) is 0 Å². The number of aliphatic hydroxyl groups is 3. The molecule has 2 aromatic rings. The molecular weight excluding hydrogens is 718 g/mol. The van der Waals surface area contributed by atoms with E-state index in [1.807, 2.05) is 25.9 Å². The van der Waals surface area contributed by atoms with Crippen molar-refractivity contribution in [2.75, 3.05) is 14.1 Å². The molecule has 0 spiro atoms. The van der Waals surface area contributed by atoms with Crippen LogP contribution in [-0.4, -0.2) is 129 Å². The Hall–Kier alpha value is -3.35. The molecule has 7 rings (SSSR count). The Morgan fingerprint density at radius 3 is 2.18 bits per heavy atom. The van der Waals surface area contributed by atoms with Crippen LogP contribution in [-0.2, 0) is 33.2 Å². The molecular formula is C40H51NO14. The number of hydrogen-bond acceptors (Lipinski definition) is 15. The number of rotatable bonds is 8. The van der Waals surface area contributed by atoms with Gasteiger partial charge in [0, 0.05) is 54.8 Å². The Morgan fingerprint density at radius 1 is 0.855 bits per heavy atom. The number of fused-ring (bicyclic) bond motifs is 3. The maximum atomic E-state index is 13.8. The van der Waals surface area contributed by atoms with Crippen LogP contribution in [0.25, 0.3) is 0 Å². The van der Waals surface area contributed by atoms with Gasteiger partial charge in [0.05, 0.1) is 41.1 Å². The number of aromatic hydroxyl groups is 2. The highest BCUT2D eigenvalue weighted by Gasteiger charge is 2.51. The highest BCUT2D eigenvalue weighted by atomic mass is 16.7. The third-order valence-corrected chi connectivity index (χ3v) is 12.0. The topological polar surface area (TPSA) is 211 Å². The number of carbonyl (C=O) groups excluding carboxylic acids is 3. The molecule has 2 aliphatic carbocycles. The second-order valence-corrected chi connectivity index (χ2v) is 15.7. The molecule has 5 aliphatic rings. The molecule has 3 fully saturated rings. The number of hydrogen-bond donors (Lipinski definition) is 5. The van der Waals surface area contributed by atoms with E-state index in [9.17, 15) is 39.9 Å². The molecule has 13 atom stereocenters. The lowest BCUT2D eigenvalue weighted by Gasteiger charge is -2.48. The number of carbonyl (C=O) groups is 3. The Kier molecular flexibility index (Phi) is 11.0. The van der Waals surface area contributed by atoms with Crippen LogP contribution in [0.5, 0.6) is 11.5 Å². The van der Waals surface area contributed by atoms with Crippen LogP contribution in [0.1, 0.15) is 121 Å². The normalized spacial score (nSPS) is 37.7. The lowest BCUT2D eigenvalue weighted by molar-refractivity contribution is -0.325. The third-order valence-electron chi connectivity index (χ3n) is 12.0. The number of Topliss-reactive ketones (excluding diaryl/α,β-unsaturated/α-hetero) is 1. The standard InChI is InChI=1S/C40H51NO14/c1-7-40(49)16-27(32-22(39(40)48)13-21-33(36(32)47)35(46)31-20(34(21)45)9-8-10-25(31)43)53-29-14-23(41(5)6)37(18(3)51-29)55-30-15-26(44)38(19(4)52-30)54-28-12-11-24(42)17(2)50-28/h8-10,13,17-19,23,26-30,37-39,43-44,47-49H,7,11-12,14-16H2,1-6H3/t17-,18+,19+,23+,26+,27-,28-,29-,30-,37+,38-,39-,40+/m0/s1. The average Bonchev–Trinajstić information content (AvgIpc) is 3.13.